The third-order valence-corrected chi connectivity index (χ3v) is 2.84. The summed E-state index contributed by atoms with van der Waals surface area (Å²) in [4.78, 5) is 3.15. The van der Waals surface area contributed by atoms with E-state index in [1.165, 1.54) is 0 Å². The van der Waals surface area contributed by atoms with Crippen molar-refractivity contribution in [1.82, 2.24) is 4.98 Å². The van der Waals surface area contributed by atoms with Gasteiger partial charge in [0.05, 0.1) is 5.02 Å². The SMILES string of the molecule is CC(N)Cc1c[nH]c2cc(Cl)cc(Cl)c12. The van der Waals surface area contributed by atoms with Gasteiger partial charge in [-0.15, -0.1) is 0 Å². The summed E-state index contributed by atoms with van der Waals surface area (Å²) < 4.78 is 0. The number of benzene rings is 1. The lowest BCUT2D eigenvalue weighted by atomic mass is 10.1. The zero-order valence-electron chi connectivity index (χ0n) is 8.35. The van der Waals surface area contributed by atoms with Crippen LogP contribution in [0.25, 0.3) is 10.9 Å². The highest BCUT2D eigenvalue weighted by Gasteiger charge is 2.10. The van der Waals surface area contributed by atoms with Gasteiger partial charge in [0.25, 0.3) is 0 Å². The summed E-state index contributed by atoms with van der Waals surface area (Å²) in [5, 5.41) is 2.34. The van der Waals surface area contributed by atoms with Gasteiger partial charge >= 0.3 is 0 Å². The number of fused-ring (bicyclic) bond motifs is 1. The first kappa shape index (κ1) is 10.8. The molecule has 3 N–H and O–H groups in total. The zero-order valence-corrected chi connectivity index (χ0v) is 9.86. The molecule has 0 saturated carbocycles. The smallest absolute Gasteiger partial charge is 0.0517 e. The third-order valence-electron chi connectivity index (χ3n) is 2.32. The lowest BCUT2D eigenvalue weighted by Crippen LogP contribution is -2.17. The lowest BCUT2D eigenvalue weighted by Gasteiger charge is -2.04. The Bertz CT molecular complexity index is 489. The zero-order chi connectivity index (χ0) is 11.0. The molecule has 0 radical (unpaired) electrons. The maximum Gasteiger partial charge on any atom is 0.0517 e. The highest BCUT2D eigenvalue weighted by Crippen LogP contribution is 2.30. The first-order valence-corrected chi connectivity index (χ1v) is 5.54. The van der Waals surface area contributed by atoms with Crippen molar-refractivity contribution >= 4 is 34.1 Å². The molecule has 0 aliphatic heterocycles. The molecule has 1 aromatic carbocycles. The molecule has 0 spiro atoms. The lowest BCUT2D eigenvalue weighted by molar-refractivity contribution is 0.741. The van der Waals surface area contributed by atoms with Crippen LogP contribution in [0.3, 0.4) is 0 Å². The van der Waals surface area contributed by atoms with Crippen LogP contribution in [0.4, 0.5) is 0 Å². The van der Waals surface area contributed by atoms with E-state index in [9.17, 15) is 0 Å². The molecule has 0 amide bonds. The van der Waals surface area contributed by atoms with Crippen molar-refractivity contribution in [3.05, 3.63) is 33.9 Å². The summed E-state index contributed by atoms with van der Waals surface area (Å²) in [6, 6.07) is 3.74. The number of aromatic nitrogens is 1. The number of hydrogen-bond acceptors (Lipinski definition) is 1. The second kappa shape index (κ2) is 4.05. The van der Waals surface area contributed by atoms with Crippen molar-refractivity contribution in [3.63, 3.8) is 0 Å². The van der Waals surface area contributed by atoms with Crippen molar-refractivity contribution in [2.75, 3.05) is 0 Å². The molecule has 0 fully saturated rings. The molecule has 2 rings (SSSR count). The van der Waals surface area contributed by atoms with E-state index in [4.69, 9.17) is 28.9 Å². The molecule has 0 aliphatic rings. The van der Waals surface area contributed by atoms with Gasteiger partial charge in [-0.2, -0.15) is 0 Å². The summed E-state index contributed by atoms with van der Waals surface area (Å²) in [6.45, 7) is 1.97. The molecule has 2 aromatic rings. The Morgan fingerprint density at radius 2 is 2.13 bits per heavy atom. The third kappa shape index (κ3) is 2.12. The predicted octanol–water partition coefficient (Wildman–Crippen LogP) is 3.36. The van der Waals surface area contributed by atoms with Gasteiger partial charge in [-0.25, -0.2) is 0 Å². The first-order valence-electron chi connectivity index (χ1n) is 4.78. The molecule has 80 valence electrons. The van der Waals surface area contributed by atoms with Crippen molar-refractivity contribution in [1.29, 1.82) is 0 Å². The standard InChI is InChI=1S/C11H12Cl2N2/c1-6(14)2-7-5-15-10-4-8(12)3-9(13)11(7)10/h3-6,15H,2,14H2,1H3. The minimum Gasteiger partial charge on any atom is -0.361 e. The van der Waals surface area contributed by atoms with Crippen LogP contribution >= 0.6 is 23.2 Å². The topological polar surface area (TPSA) is 41.8 Å². The number of nitrogens with one attached hydrogen (secondary N) is 1. The number of hydrogen-bond donors (Lipinski definition) is 2. The Morgan fingerprint density at radius 1 is 1.40 bits per heavy atom. The van der Waals surface area contributed by atoms with Crippen LogP contribution in [-0.2, 0) is 6.42 Å². The Balaban J connectivity index is 2.58. The fraction of sp³-hybridized carbons (Fsp3) is 0.273. The Labute approximate surface area is 98.4 Å². The number of aromatic amines is 1. The Morgan fingerprint density at radius 3 is 2.80 bits per heavy atom. The van der Waals surface area contributed by atoms with Crippen molar-refractivity contribution in [2.45, 2.75) is 19.4 Å². The van der Waals surface area contributed by atoms with Crippen LogP contribution in [0.5, 0.6) is 0 Å². The molecule has 2 nitrogen and oxygen atoms in total. The second-order valence-electron chi connectivity index (χ2n) is 3.81. The number of halogens is 2. The van der Waals surface area contributed by atoms with Gasteiger partial charge in [0.15, 0.2) is 0 Å². The summed E-state index contributed by atoms with van der Waals surface area (Å²) in [6.07, 6.45) is 2.75. The van der Waals surface area contributed by atoms with E-state index in [2.05, 4.69) is 4.98 Å². The van der Waals surface area contributed by atoms with Gasteiger partial charge in [-0.05, 0) is 31.0 Å². The van der Waals surface area contributed by atoms with Crippen molar-refractivity contribution in [3.8, 4) is 0 Å². The molecule has 15 heavy (non-hydrogen) atoms. The van der Waals surface area contributed by atoms with Crippen molar-refractivity contribution in [2.24, 2.45) is 5.73 Å². The van der Waals surface area contributed by atoms with E-state index in [1.54, 1.807) is 6.07 Å². The van der Waals surface area contributed by atoms with Gasteiger partial charge in [0.1, 0.15) is 0 Å². The van der Waals surface area contributed by atoms with Crippen LogP contribution in [0, 0.1) is 0 Å². The van der Waals surface area contributed by atoms with E-state index < -0.39 is 0 Å². The van der Waals surface area contributed by atoms with E-state index >= 15 is 0 Å². The highest BCUT2D eigenvalue weighted by atomic mass is 35.5. The highest BCUT2D eigenvalue weighted by molar-refractivity contribution is 6.38. The average Bonchev–Trinajstić information content (AvgIpc) is 2.46. The van der Waals surface area contributed by atoms with Crippen LogP contribution in [0.15, 0.2) is 18.3 Å². The molecule has 1 heterocycles. The van der Waals surface area contributed by atoms with E-state index in [0.29, 0.717) is 10.0 Å². The fourth-order valence-corrected chi connectivity index (χ4v) is 2.37. The Kier molecular flexibility index (Phi) is 2.91. The first-order chi connectivity index (χ1) is 7.08. The van der Waals surface area contributed by atoms with E-state index in [1.807, 2.05) is 19.2 Å². The van der Waals surface area contributed by atoms with Gasteiger partial charge in [-0.1, -0.05) is 23.2 Å². The van der Waals surface area contributed by atoms with Crippen LogP contribution in [0.1, 0.15) is 12.5 Å². The fourth-order valence-electron chi connectivity index (χ4n) is 1.76. The number of nitrogens with two attached hydrogens (primary N) is 1. The molecule has 1 aromatic heterocycles. The normalized spacial score (nSPS) is 13.3. The van der Waals surface area contributed by atoms with Crippen molar-refractivity contribution < 1.29 is 0 Å². The maximum atomic E-state index is 6.15. The molecule has 1 unspecified atom stereocenters. The van der Waals surface area contributed by atoms with Gasteiger partial charge < -0.3 is 10.7 Å². The second-order valence-corrected chi connectivity index (χ2v) is 4.65. The number of H-pyrrole nitrogens is 1. The molecule has 4 heteroatoms. The van der Waals surface area contributed by atoms with Gasteiger partial charge in [0.2, 0.25) is 0 Å². The summed E-state index contributed by atoms with van der Waals surface area (Å²) in [7, 11) is 0. The molecule has 1 atom stereocenters. The van der Waals surface area contributed by atoms with E-state index in [0.717, 1.165) is 22.9 Å². The summed E-state index contributed by atoms with van der Waals surface area (Å²) in [5.41, 5.74) is 7.87. The molecular weight excluding hydrogens is 231 g/mol. The Hall–Kier alpha value is -0.700. The van der Waals surface area contributed by atoms with Crippen LogP contribution in [-0.4, -0.2) is 11.0 Å². The maximum absolute atomic E-state index is 6.15. The molecular formula is C11H12Cl2N2. The minimum absolute atomic E-state index is 0.121. The van der Waals surface area contributed by atoms with Gasteiger partial charge in [0, 0.05) is 28.2 Å². The van der Waals surface area contributed by atoms with Gasteiger partial charge in [-0.3, -0.25) is 0 Å². The predicted molar refractivity (Wildman–Crippen MR) is 65.7 cm³/mol. The minimum atomic E-state index is 0.121. The quantitative estimate of drug-likeness (QED) is 0.834. The average molecular weight is 243 g/mol. The molecule has 0 aliphatic carbocycles. The van der Waals surface area contributed by atoms with Crippen LogP contribution < -0.4 is 5.73 Å². The number of rotatable bonds is 2. The monoisotopic (exact) mass is 242 g/mol. The van der Waals surface area contributed by atoms with E-state index in [-0.39, 0.29) is 6.04 Å². The molecule has 0 saturated heterocycles. The molecule has 0 bridgehead atoms. The van der Waals surface area contributed by atoms with Crippen LogP contribution in [0.2, 0.25) is 10.0 Å². The largest absolute Gasteiger partial charge is 0.361 e. The summed E-state index contributed by atoms with van der Waals surface area (Å²) in [5.74, 6) is 0. The summed E-state index contributed by atoms with van der Waals surface area (Å²) >= 11 is 12.1.